The summed E-state index contributed by atoms with van der Waals surface area (Å²) in [5.41, 5.74) is 0.964. The Morgan fingerprint density at radius 1 is 1.50 bits per heavy atom. The summed E-state index contributed by atoms with van der Waals surface area (Å²) in [5, 5.41) is 11.3. The van der Waals surface area contributed by atoms with E-state index in [0.717, 1.165) is 17.1 Å². The Bertz CT molecular complexity index is 549. The summed E-state index contributed by atoms with van der Waals surface area (Å²) in [6, 6.07) is 5.57. The molecule has 7 heteroatoms. The lowest BCUT2D eigenvalue weighted by Gasteiger charge is -2.25. The SMILES string of the molecule is COc1ccc2c(c1)CC(C(=O)NCCSCC(=O)O)CO2. The zero-order valence-electron chi connectivity index (χ0n) is 12.3. The number of nitrogens with one attached hydrogen (secondary N) is 1. The molecular formula is C15H19NO5S. The smallest absolute Gasteiger partial charge is 0.313 e. The van der Waals surface area contributed by atoms with Crippen molar-refractivity contribution < 1.29 is 24.2 Å². The Labute approximate surface area is 133 Å². The van der Waals surface area contributed by atoms with Crippen LogP contribution < -0.4 is 14.8 Å². The van der Waals surface area contributed by atoms with Crippen molar-refractivity contribution in [3.8, 4) is 11.5 Å². The van der Waals surface area contributed by atoms with Crippen molar-refractivity contribution in [1.29, 1.82) is 0 Å². The largest absolute Gasteiger partial charge is 0.497 e. The first kappa shape index (κ1) is 16.5. The molecule has 0 bridgehead atoms. The van der Waals surface area contributed by atoms with E-state index in [4.69, 9.17) is 14.6 Å². The fourth-order valence-electron chi connectivity index (χ4n) is 2.22. The fourth-order valence-corrected chi connectivity index (χ4v) is 2.78. The summed E-state index contributed by atoms with van der Waals surface area (Å²) >= 11 is 1.28. The van der Waals surface area contributed by atoms with Crippen molar-refractivity contribution in [2.24, 2.45) is 5.92 Å². The van der Waals surface area contributed by atoms with Crippen LogP contribution in [-0.2, 0) is 16.0 Å². The summed E-state index contributed by atoms with van der Waals surface area (Å²) in [6.45, 7) is 0.811. The number of carbonyl (C=O) groups excluding carboxylic acids is 1. The van der Waals surface area contributed by atoms with E-state index in [2.05, 4.69) is 5.32 Å². The van der Waals surface area contributed by atoms with Gasteiger partial charge in [0.2, 0.25) is 5.91 Å². The molecule has 0 aromatic heterocycles. The first-order valence-corrected chi connectivity index (χ1v) is 8.12. The van der Waals surface area contributed by atoms with E-state index in [1.54, 1.807) is 7.11 Å². The summed E-state index contributed by atoms with van der Waals surface area (Å²) in [6.07, 6.45) is 0.612. The lowest BCUT2D eigenvalue weighted by Crippen LogP contribution is -2.38. The second kappa shape index (κ2) is 7.93. The number of amides is 1. The maximum absolute atomic E-state index is 12.1. The van der Waals surface area contributed by atoms with Crippen LogP contribution in [0.15, 0.2) is 18.2 Å². The van der Waals surface area contributed by atoms with Crippen molar-refractivity contribution in [3.63, 3.8) is 0 Å². The maximum atomic E-state index is 12.1. The fraction of sp³-hybridized carbons (Fsp3) is 0.467. The predicted molar refractivity (Wildman–Crippen MR) is 83.7 cm³/mol. The van der Waals surface area contributed by atoms with Crippen LogP contribution in [-0.4, -0.2) is 48.8 Å². The van der Waals surface area contributed by atoms with Crippen LogP contribution in [0.2, 0.25) is 0 Å². The molecule has 1 aromatic rings. The Morgan fingerprint density at radius 3 is 3.05 bits per heavy atom. The molecule has 2 N–H and O–H groups in total. The van der Waals surface area contributed by atoms with Gasteiger partial charge in [0.1, 0.15) is 18.1 Å². The summed E-state index contributed by atoms with van der Waals surface area (Å²) in [5.74, 6) is 1.03. The Morgan fingerprint density at radius 2 is 2.32 bits per heavy atom. The number of methoxy groups -OCH3 is 1. The van der Waals surface area contributed by atoms with E-state index in [9.17, 15) is 9.59 Å². The third-order valence-corrected chi connectivity index (χ3v) is 4.26. The number of aliphatic carboxylic acids is 1. The molecule has 6 nitrogen and oxygen atoms in total. The van der Waals surface area contributed by atoms with E-state index in [-0.39, 0.29) is 17.6 Å². The topological polar surface area (TPSA) is 84.9 Å². The van der Waals surface area contributed by atoms with Crippen LogP contribution in [0.25, 0.3) is 0 Å². The molecule has 0 radical (unpaired) electrons. The second-order valence-electron chi connectivity index (χ2n) is 4.92. The van der Waals surface area contributed by atoms with E-state index in [1.807, 2.05) is 18.2 Å². The van der Waals surface area contributed by atoms with Gasteiger partial charge in [-0.25, -0.2) is 0 Å². The highest BCUT2D eigenvalue weighted by molar-refractivity contribution is 7.99. The average Bonchev–Trinajstić information content (AvgIpc) is 2.52. The van der Waals surface area contributed by atoms with E-state index < -0.39 is 5.97 Å². The standard InChI is InChI=1S/C15H19NO5S/c1-20-12-2-3-13-10(7-12)6-11(8-21-13)15(19)16-4-5-22-9-14(17)18/h2-3,7,11H,4-6,8-9H2,1H3,(H,16,19)(H,17,18). The minimum absolute atomic E-state index is 0.0512. The molecule has 0 saturated carbocycles. The van der Waals surface area contributed by atoms with Crippen molar-refractivity contribution in [2.45, 2.75) is 6.42 Å². The Balaban J connectivity index is 1.81. The van der Waals surface area contributed by atoms with Gasteiger partial charge in [-0.15, -0.1) is 11.8 Å². The number of carboxylic acids is 1. The molecule has 1 amide bonds. The summed E-state index contributed by atoms with van der Waals surface area (Å²) in [4.78, 5) is 22.5. The number of carboxylic acid groups (broad SMARTS) is 1. The second-order valence-corrected chi connectivity index (χ2v) is 6.03. The number of thioether (sulfide) groups is 1. The average molecular weight is 325 g/mol. The number of fused-ring (bicyclic) bond motifs is 1. The molecule has 0 saturated heterocycles. The van der Waals surface area contributed by atoms with Crippen LogP contribution in [0.5, 0.6) is 11.5 Å². The van der Waals surface area contributed by atoms with Gasteiger partial charge in [-0.3, -0.25) is 9.59 Å². The molecule has 0 fully saturated rings. The van der Waals surface area contributed by atoms with Crippen molar-refractivity contribution >= 4 is 23.6 Å². The molecule has 1 aliphatic heterocycles. The highest BCUT2D eigenvalue weighted by atomic mass is 32.2. The van der Waals surface area contributed by atoms with Crippen LogP contribution in [0.3, 0.4) is 0 Å². The van der Waals surface area contributed by atoms with Crippen LogP contribution in [0.1, 0.15) is 5.56 Å². The van der Waals surface area contributed by atoms with Crippen LogP contribution in [0.4, 0.5) is 0 Å². The van der Waals surface area contributed by atoms with Crippen molar-refractivity contribution in [1.82, 2.24) is 5.32 Å². The van der Waals surface area contributed by atoms with Gasteiger partial charge in [0, 0.05) is 12.3 Å². The first-order chi connectivity index (χ1) is 10.6. The normalized spacial score (nSPS) is 16.3. The van der Waals surface area contributed by atoms with Gasteiger partial charge in [0.15, 0.2) is 0 Å². The van der Waals surface area contributed by atoms with Crippen molar-refractivity contribution in [2.75, 3.05) is 31.8 Å². The first-order valence-electron chi connectivity index (χ1n) is 6.97. The molecule has 22 heavy (non-hydrogen) atoms. The minimum Gasteiger partial charge on any atom is -0.497 e. The van der Waals surface area contributed by atoms with Gasteiger partial charge in [-0.2, -0.15) is 0 Å². The molecule has 1 aliphatic rings. The quantitative estimate of drug-likeness (QED) is 0.732. The molecule has 1 atom stereocenters. The third kappa shape index (κ3) is 4.56. The van der Waals surface area contributed by atoms with Gasteiger partial charge in [-0.05, 0) is 30.2 Å². The Hall–Kier alpha value is -1.89. The van der Waals surface area contributed by atoms with E-state index in [1.165, 1.54) is 11.8 Å². The van der Waals surface area contributed by atoms with E-state index >= 15 is 0 Å². The number of hydrogen-bond donors (Lipinski definition) is 2. The van der Waals surface area contributed by atoms with Crippen LogP contribution >= 0.6 is 11.8 Å². The predicted octanol–water partition coefficient (Wildman–Crippen LogP) is 1.18. The van der Waals surface area contributed by atoms with Crippen LogP contribution in [0, 0.1) is 5.92 Å². The third-order valence-electron chi connectivity index (χ3n) is 3.32. The zero-order chi connectivity index (χ0) is 15.9. The van der Waals surface area contributed by atoms with Gasteiger partial charge in [0.25, 0.3) is 0 Å². The molecule has 120 valence electrons. The number of rotatable bonds is 7. The van der Waals surface area contributed by atoms with Gasteiger partial charge >= 0.3 is 5.97 Å². The summed E-state index contributed by atoms with van der Waals surface area (Å²) in [7, 11) is 1.60. The minimum atomic E-state index is -0.845. The van der Waals surface area contributed by atoms with E-state index in [0.29, 0.717) is 25.3 Å². The number of carbonyl (C=O) groups is 2. The monoisotopic (exact) mass is 325 g/mol. The maximum Gasteiger partial charge on any atom is 0.313 e. The molecular weight excluding hydrogens is 306 g/mol. The van der Waals surface area contributed by atoms with Crippen molar-refractivity contribution in [3.05, 3.63) is 23.8 Å². The number of hydrogen-bond acceptors (Lipinski definition) is 5. The number of benzene rings is 1. The number of ether oxygens (including phenoxy) is 2. The molecule has 1 unspecified atom stereocenters. The highest BCUT2D eigenvalue weighted by Gasteiger charge is 2.26. The highest BCUT2D eigenvalue weighted by Crippen LogP contribution is 2.30. The zero-order valence-corrected chi connectivity index (χ0v) is 13.1. The Kier molecular flexibility index (Phi) is 5.94. The van der Waals surface area contributed by atoms with Gasteiger partial charge < -0.3 is 19.9 Å². The van der Waals surface area contributed by atoms with Gasteiger partial charge in [-0.1, -0.05) is 0 Å². The summed E-state index contributed by atoms with van der Waals surface area (Å²) < 4.78 is 10.8. The lowest BCUT2D eigenvalue weighted by atomic mass is 9.96. The molecule has 0 spiro atoms. The molecule has 1 aromatic carbocycles. The molecule has 2 rings (SSSR count). The molecule has 0 aliphatic carbocycles. The van der Waals surface area contributed by atoms with Gasteiger partial charge in [0.05, 0.1) is 18.8 Å². The lowest BCUT2D eigenvalue weighted by molar-refractivity contribution is -0.134. The molecule has 1 heterocycles.